The third kappa shape index (κ3) is 4.10. The van der Waals surface area contributed by atoms with E-state index < -0.39 is 0 Å². The number of carbonyl (C=O) groups is 1. The van der Waals surface area contributed by atoms with Crippen molar-refractivity contribution in [3.05, 3.63) is 58.9 Å². The van der Waals surface area contributed by atoms with E-state index in [0.717, 1.165) is 15.8 Å². The minimum atomic E-state index is -0.352. The highest BCUT2D eigenvalue weighted by Gasteiger charge is 2.12. The van der Waals surface area contributed by atoms with E-state index in [4.69, 9.17) is 15.9 Å². The number of methoxy groups -OCH3 is 2. The minimum Gasteiger partial charge on any atom is -0.493 e. The molecule has 1 amide bonds. The monoisotopic (exact) mass is 378 g/mol. The first-order valence-corrected chi connectivity index (χ1v) is 8.98. The molecule has 1 aromatic heterocycles. The Balaban J connectivity index is 2.05. The van der Waals surface area contributed by atoms with Gasteiger partial charge in [0.15, 0.2) is 16.3 Å². The van der Waals surface area contributed by atoms with Gasteiger partial charge in [0.05, 0.1) is 31.0 Å². The third-order valence-corrected chi connectivity index (χ3v) is 4.90. The number of fused-ring (bicyclic) bond motifs is 1. The predicted molar refractivity (Wildman–Crippen MR) is 108 cm³/mol. The fourth-order valence-electron chi connectivity index (χ4n) is 2.59. The number of amides is 1. The van der Waals surface area contributed by atoms with Crippen LogP contribution in [0.2, 0.25) is 0 Å². The number of aromatic nitrogens is 1. The van der Waals surface area contributed by atoms with Crippen molar-refractivity contribution in [2.45, 2.75) is 6.54 Å². The fourth-order valence-corrected chi connectivity index (χ4v) is 3.63. The zero-order valence-electron chi connectivity index (χ0n) is 15.0. The highest BCUT2D eigenvalue weighted by atomic mass is 32.1. The van der Waals surface area contributed by atoms with Crippen LogP contribution < -0.4 is 14.3 Å². The van der Waals surface area contributed by atoms with Gasteiger partial charge in [0.25, 0.3) is 5.91 Å². The van der Waals surface area contributed by atoms with Crippen LogP contribution in [-0.4, -0.2) is 24.7 Å². The average molecular weight is 378 g/mol. The molecule has 27 heavy (non-hydrogen) atoms. The molecule has 0 aliphatic rings. The normalized spacial score (nSPS) is 11.7. The topological polar surface area (TPSA) is 52.8 Å². The Morgan fingerprint density at radius 1 is 1.22 bits per heavy atom. The van der Waals surface area contributed by atoms with Crippen LogP contribution in [0.1, 0.15) is 5.56 Å². The lowest BCUT2D eigenvalue weighted by atomic mass is 10.2. The molecule has 0 aliphatic heterocycles. The van der Waals surface area contributed by atoms with Crippen LogP contribution in [0.25, 0.3) is 16.3 Å². The van der Waals surface area contributed by atoms with Crippen LogP contribution in [0.4, 0.5) is 0 Å². The van der Waals surface area contributed by atoms with Gasteiger partial charge in [-0.05, 0) is 11.6 Å². The Labute approximate surface area is 161 Å². The van der Waals surface area contributed by atoms with Gasteiger partial charge in [0.1, 0.15) is 0 Å². The van der Waals surface area contributed by atoms with Gasteiger partial charge in [-0.3, -0.25) is 4.79 Å². The van der Waals surface area contributed by atoms with Crippen LogP contribution in [0, 0.1) is 12.3 Å². The van der Waals surface area contributed by atoms with Gasteiger partial charge in [-0.1, -0.05) is 47.6 Å². The summed E-state index contributed by atoms with van der Waals surface area (Å²) >= 11 is 1.37. The lowest BCUT2D eigenvalue weighted by Crippen LogP contribution is -2.15. The maximum Gasteiger partial charge on any atom is 0.272 e. The smallest absolute Gasteiger partial charge is 0.272 e. The third-order valence-electron chi connectivity index (χ3n) is 3.86. The van der Waals surface area contributed by atoms with Gasteiger partial charge in [-0.2, -0.15) is 4.99 Å². The molecule has 0 atom stereocenters. The predicted octanol–water partition coefficient (Wildman–Crippen LogP) is 3.49. The van der Waals surface area contributed by atoms with Crippen molar-refractivity contribution in [3.8, 4) is 23.8 Å². The highest BCUT2D eigenvalue weighted by Crippen LogP contribution is 2.33. The molecule has 0 unspecified atom stereocenters. The number of thiazole rings is 1. The molecule has 0 aliphatic carbocycles. The first-order valence-electron chi connectivity index (χ1n) is 8.17. The maximum atomic E-state index is 12.3. The van der Waals surface area contributed by atoms with Crippen molar-refractivity contribution in [1.29, 1.82) is 0 Å². The number of hydrogen-bond acceptors (Lipinski definition) is 4. The molecule has 0 saturated carbocycles. The molecule has 1 heterocycles. The van der Waals surface area contributed by atoms with Crippen molar-refractivity contribution < 1.29 is 14.3 Å². The van der Waals surface area contributed by atoms with Gasteiger partial charge in [-0.25, -0.2) is 0 Å². The molecular formula is C21H18N2O3S. The Morgan fingerprint density at radius 2 is 1.93 bits per heavy atom. The summed E-state index contributed by atoms with van der Waals surface area (Å²) in [7, 11) is 3.15. The number of carbonyl (C=O) groups excluding carboxylic acids is 1. The van der Waals surface area contributed by atoms with Gasteiger partial charge in [0, 0.05) is 18.2 Å². The Morgan fingerprint density at radius 3 is 2.59 bits per heavy atom. The quantitative estimate of drug-likeness (QED) is 0.504. The van der Waals surface area contributed by atoms with Crippen LogP contribution in [0.3, 0.4) is 0 Å². The summed E-state index contributed by atoms with van der Waals surface area (Å²) in [5.41, 5.74) is 1.78. The zero-order valence-corrected chi connectivity index (χ0v) is 15.8. The Bertz CT molecular complexity index is 1100. The molecular weight excluding hydrogens is 360 g/mol. The minimum absolute atomic E-state index is 0.296. The molecule has 0 saturated heterocycles. The molecule has 5 nitrogen and oxygen atoms in total. The molecule has 0 fully saturated rings. The first kappa shape index (κ1) is 18.5. The lowest BCUT2D eigenvalue weighted by molar-refractivity contribution is -0.113. The molecule has 6 heteroatoms. The van der Waals surface area contributed by atoms with Crippen molar-refractivity contribution in [2.75, 3.05) is 14.2 Å². The summed E-state index contributed by atoms with van der Waals surface area (Å²) in [6.45, 7) is 0.296. The molecule has 0 N–H and O–H groups in total. The van der Waals surface area contributed by atoms with Gasteiger partial charge in [-0.15, -0.1) is 6.42 Å². The van der Waals surface area contributed by atoms with Crippen LogP contribution in [0.15, 0.2) is 53.5 Å². The number of terminal acetylenes is 1. The van der Waals surface area contributed by atoms with E-state index in [0.29, 0.717) is 22.8 Å². The number of ether oxygens (including phenoxy) is 2. The standard InChI is InChI=1S/C21H18N2O3S/c1-4-12-23-16-13-17(25-2)18(26-3)14-19(16)27-21(23)22-20(24)11-10-15-8-6-5-7-9-15/h1,5-11,13-14H,12H2,2-3H3/b11-10+,22-21?. The molecule has 0 radical (unpaired) electrons. The number of benzene rings is 2. The molecule has 3 rings (SSSR count). The summed E-state index contributed by atoms with van der Waals surface area (Å²) in [6.07, 6.45) is 8.69. The number of nitrogens with zero attached hydrogens (tertiary/aromatic N) is 2. The first-order chi connectivity index (χ1) is 13.2. The van der Waals surface area contributed by atoms with E-state index in [9.17, 15) is 4.79 Å². The van der Waals surface area contributed by atoms with Crippen molar-refractivity contribution in [3.63, 3.8) is 0 Å². The largest absolute Gasteiger partial charge is 0.493 e. The van der Waals surface area contributed by atoms with E-state index in [1.807, 2.05) is 47.0 Å². The van der Waals surface area contributed by atoms with Crippen molar-refractivity contribution in [1.82, 2.24) is 4.57 Å². The SMILES string of the molecule is C#CCn1c(=NC(=O)/C=C/c2ccccc2)sc2cc(OC)c(OC)cc21. The van der Waals surface area contributed by atoms with E-state index >= 15 is 0 Å². The molecule has 136 valence electrons. The van der Waals surface area contributed by atoms with Crippen molar-refractivity contribution >= 4 is 33.5 Å². The summed E-state index contributed by atoms with van der Waals surface area (Å²) in [6, 6.07) is 13.3. The van der Waals surface area contributed by atoms with E-state index in [1.54, 1.807) is 20.3 Å². The van der Waals surface area contributed by atoms with Crippen LogP contribution >= 0.6 is 11.3 Å². The summed E-state index contributed by atoms with van der Waals surface area (Å²) in [4.78, 5) is 17.1. The van der Waals surface area contributed by atoms with Crippen LogP contribution in [-0.2, 0) is 11.3 Å². The summed E-state index contributed by atoms with van der Waals surface area (Å²) in [5, 5.41) is 0. The average Bonchev–Trinajstić information content (AvgIpc) is 3.02. The second-order valence-corrected chi connectivity index (χ2v) is 6.55. The highest BCUT2D eigenvalue weighted by molar-refractivity contribution is 7.16. The molecule has 0 spiro atoms. The second kappa shape index (κ2) is 8.39. The molecule has 3 aromatic rings. The summed E-state index contributed by atoms with van der Waals surface area (Å²) in [5.74, 6) is 3.46. The second-order valence-electron chi connectivity index (χ2n) is 5.54. The number of rotatable bonds is 5. The Hall–Kier alpha value is -3.30. The van der Waals surface area contributed by atoms with E-state index in [2.05, 4.69) is 10.9 Å². The van der Waals surface area contributed by atoms with Gasteiger partial charge < -0.3 is 14.0 Å². The fraction of sp³-hybridized carbons (Fsp3) is 0.143. The van der Waals surface area contributed by atoms with Crippen LogP contribution in [0.5, 0.6) is 11.5 Å². The van der Waals surface area contributed by atoms with E-state index in [1.165, 1.54) is 17.4 Å². The lowest BCUT2D eigenvalue weighted by Gasteiger charge is -2.08. The summed E-state index contributed by atoms with van der Waals surface area (Å²) < 4.78 is 13.4. The van der Waals surface area contributed by atoms with E-state index in [-0.39, 0.29) is 5.91 Å². The molecule has 2 aromatic carbocycles. The zero-order chi connectivity index (χ0) is 19.2. The number of hydrogen-bond donors (Lipinski definition) is 0. The van der Waals surface area contributed by atoms with Gasteiger partial charge in [0.2, 0.25) is 0 Å². The molecule has 0 bridgehead atoms. The Kier molecular flexibility index (Phi) is 5.74. The van der Waals surface area contributed by atoms with Crippen molar-refractivity contribution in [2.24, 2.45) is 4.99 Å². The maximum absolute atomic E-state index is 12.3. The van der Waals surface area contributed by atoms with Gasteiger partial charge >= 0.3 is 0 Å².